The van der Waals surface area contributed by atoms with Crippen molar-refractivity contribution >= 4 is 23.3 Å². The number of carbonyl (C=O) groups excluding carboxylic acids is 3. The molecule has 0 saturated carbocycles. The minimum absolute atomic E-state index is 0.0877. The third kappa shape index (κ3) is 2.23. The minimum atomic E-state index is -0.485. The lowest BCUT2D eigenvalue weighted by atomic mass is 10.1. The summed E-state index contributed by atoms with van der Waals surface area (Å²) in [5.74, 6) is -0.398. The van der Waals surface area contributed by atoms with Gasteiger partial charge in [0.05, 0.1) is 31.0 Å². The van der Waals surface area contributed by atoms with E-state index < -0.39 is 11.8 Å². The number of Topliss-reactive ketones (excluding diaryl/α,β-unsaturated/α-hetero) is 1. The third-order valence-corrected chi connectivity index (χ3v) is 3.93. The van der Waals surface area contributed by atoms with E-state index in [4.69, 9.17) is 9.47 Å². The number of amides is 2. The fourth-order valence-electron chi connectivity index (χ4n) is 2.72. The molecule has 122 valence electrons. The van der Waals surface area contributed by atoms with Crippen molar-refractivity contribution in [1.82, 2.24) is 0 Å². The van der Waals surface area contributed by atoms with Crippen molar-refractivity contribution in [3.05, 3.63) is 53.1 Å². The number of carbonyl (C=O) groups is 3. The topological polar surface area (TPSA) is 72.9 Å². The molecule has 1 heterocycles. The largest absolute Gasteiger partial charge is 0.493 e. The summed E-state index contributed by atoms with van der Waals surface area (Å²) in [6.07, 6.45) is 0. The Morgan fingerprint density at radius 3 is 2.12 bits per heavy atom. The van der Waals surface area contributed by atoms with Gasteiger partial charge in [0.15, 0.2) is 17.3 Å². The Bertz CT molecular complexity index is 854. The van der Waals surface area contributed by atoms with Crippen LogP contribution in [0.4, 0.5) is 5.69 Å². The molecule has 0 radical (unpaired) electrons. The summed E-state index contributed by atoms with van der Waals surface area (Å²) in [5, 5.41) is 0. The lowest BCUT2D eigenvalue weighted by Crippen LogP contribution is -2.29. The van der Waals surface area contributed by atoms with Crippen molar-refractivity contribution in [3.63, 3.8) is 0 Å². The Hall–Kier alpha value is -3.15. The minimum Gasteiger partial charge on any atom is -0.493 e. The predicted octanol–water partition coefficient (Wildman–Crippen LogP) is 2.71. The number of benzene rings is 2. The molecule has 0 fully saturated rings. The molecule has 2 aromatic carbocycles. The quantitative estimate of drug-likeness (QED) is 0.638. The summed E-state index contributed by atoms with van der Waals surface area (Å²) in [7, 11) is 2.88. The summed E-state index contributed by atoms with van der Waals surface area (Å²) in [6.45, 7) is 1.45. The van der Waals surface area contributed by atoms with E-state index in [1.165, 1.54) is 21.1 Å². The highest BCUT2D eigenvalue weighted by atomic mass is 16.5. The van der Waals surface area contributed by atoms with E-state index in [-0.39, 0.29) is 22.7 Å². The van der Waals surface area contributed by atoms with Gasteiger partial charge in [-0.05, 0) is 43.3 Å². The highest BCUT2D eigenvalue weighted by Crippen LogP contribution is 2.39. The summed E-state index contributed by atoms with van der Waals surface area (Å²) in [4.78, 5) is 37.8. The number of imide groups is 1. The average Bonchev–Trinajstić information content (AvgIpc) is 2.85. The fourth-order valence-corrected chi connectivity index (χ4v) is 2.72. The number of nitrogens with zero attached hydrogens (tertiary/aromatic N) is 1. The van der Waals surface area contributed by atoms with Gasteiger partial charge in [-0.3, -0.25) is 14.4 Å². The molecule has 24 heavy (non-hydrogen) atoms. The Morgan fingerprint density at radius 2 is 1.58 bits per heavy atom. The van der Waals surface area contributed by atoms with Crippen LogP contribution >= 0.6 is 0 Å². The van der Waals surface area contributed by atoms with Crippen LogP contribution in [0.5, 0.6) is 11.5 Å². The number of hydrogen-bond acceptors (Lipinski definition) is 5. The molecule has 6 heteroatoms. The van der Waals surface area contributed by atoms with E-state index in [1.807, 2.05) is 0 Å². The van der Waals surface area contributed by atoms with Crippen LogP contribution in [0.3, 0.4) is 0 Å². The number of fused-ring (bicyclic) bond motifs is 1. The summed E-state index contributed by atoms with van der Waals surface area (Å²) in [5.41, 5.74) is 1.34. The molecule has 0 aliphatic carbocycles. The van der Waals surface area contributed by atoms with E-state index in [0.29, 0.717) is 17.0 Å². The van der Waals surface area contributed by atoms with Crippen LogP contribution in [-0.4, -0.2) is 31.8 Å². The first-order valence-corrected chi connectivity index (χ1v) is 7.24. The first kappa shape index (κ1) is 15.7. The maximum atomic E-state index is 12.8. The molecule has 3 rings (SSSR count). The number of hydrogen-bond donors (Lipinski definition) is 0. The van der Waals surface area contributed by atoms with Gasteiger partial charge in [0, 0.05) is 5.56 Å². The third-order valence-electron chi connectivity index (χ3n) is 3.93. The molecular weight excluding hydrogens is 310 g/mol. The molecule has 0 spiro atoms. The van der Waals surface area contributed by atoms with E-state index in [1.54, 1.807) is 36.4 Å². The van der Waals surface area contributed by atoms with Gasteiger partial charge in [-0.1, -0.05) is 0 Å². The van der Waals surface area contributed by atoms with Crippen LogP contribution in [0.15, 0.2) is 36.4 Å². The fraction of sp³-hybridized carbons (Fsp3) is 0.167. The SMILES string of the molecule is COc1ccc2c(c1OC)C(=O)N(c1ccc(C(C)=O)cc1)C2=O. The molecule has 0 atom stereocenters. The number of ketones is 1. The lowest BCUT2D eigenvalue weighted by Gasteiger charge is -2.14. The molecule has 0 unspecified atom stereocenters. The first-order valence-electron chi connectivity index (χ1n) is 7.24. The van der Waals surface area contributed by atoms with Gasteiger partial charge >= 0.3 is 0 Å². The summed E-state index contributed by atoms with van der Waals surface area (Å²) in [6, 6.07) is 9.44. The van der Waals surface area contributed by atoms with Crippen molar-refractivity contribution < 1.29 is 23.9 Å². The molecular formula is C18H15NO5. The van der Waals surface area contributed by atoms with Gasteiger partial charge in [-0.25, -0.2) is 4.90 Å². The summed E-state index contributed by atoms with van der Waals surface area (Å²) < 4.78 is 10.4. The standard InChI is InChI=1S/C18H15NO5/c1-10(20)11-4-6-12(7-5-11)19-17(21)13-8-9-14(23-2)16(24-3)15(13)18(19)22/h4-9H,1-3H3. The van der Waals surface area contributed by atoms with Gasteiger partial charge in [-0.15, -0.1) is 0 Å². The van der Waals surface area contributed by atoms with Gasteiger partial charge < -0.3 is 9.47 Å². The van der Waals surface area contributed by atoms with Crippen molar-refractivity contribution in [2.24, 2.45) is 0 Å². The second kappa shape index (κ2) is 5.81. The Morgan fingerprint density at radius 1 is 0.917 bits per heavy atom. The molecule has 6 nitrogen and oxygen atoms in total. The molecule has 1 aliphatic rings. The van der Waals surface area contributed by atoms with Crippen LogP contribution in [0.2, 0.25) is 0 Å². The predicted molar refractivity (Wildman–Crippen MR) is 87.1 cm³/mol. The highest BCUT2D eigenvalue weighted by molar-refractivity contribution is 6.35. The molecule has 0 aromatic heterocycles. The normalized spacial score (nSPS) is 13.0. The van der Waals surface area contributed by atoms with Crippen molar-refractivity contribution in [2.75, 3.05) is 19.1 Å². The van der Waals surface area contributed by atoms with E-state index in [2.05, 4.69) is 0 Å². The highest BCUT2D eigenvalue weighted by Gasteiger charge is 2.40. The number of rotatable bonds is 4. The monoisotopic (exact) mass is 325 g/mol. The van der Waals surface area contributed by atoms with Crippen LogP contribution < -0.4 is 14.4 Å². The van der Waals surface area contributed by atoms with Crippen LogP contribution in [0, 0.1) is 0 Å². The zero-order chi connectivity index (χ0) is 17.4. The number of methoxy groups -OCH3 is 2. The molecule has 0 saturated heterocycles. The van der Waals surface area contributed by atoms with Crippen molar-refractivity contribution in [2.45, 2.75) is 6.92 Å². The number of anilines is 1. The van der Waals surface area contributed by atoms with Crippen molar-refractivity contribution in [3.8, 4) is 11.5 Å². The van der Waals surface area contributed by atoms with E-state index >= 15 is 0 Å². The molecule has 0 N–H and O–H groups in total. The van der Waals surface area contributed by atoms with Gasteiger partial charge in [0.25, 0.3) is 11.8 Å². The van der Waals surface area contributed by atoms with Crippen LogP contribution in [0.1, 0.15) is 38.0 Å². The van der Waals surface area contributed by atoms with Crippen LogP contribution in [0.25, 0.3) is 0 Å². The average molecular weight is 325 g/mol. The second-order valence-corrected chi connectivity index (χ2v) is 5.27. The molecule has 2 amide bonds. The maximum Gasteiger partial charge on any atom is 0.270 e. The zero-order valence-corrected chi connectivity index (χ0v) is 13.5. The Kier molecular flexibility index (Phi) is 3.81. The Balaban J connectivity index is 2.08. The maximum absolute atomic E-state index is 12.8. The molecule has 2 aromatic rings. The van der Waals surface area contributed by atoms with E-state index in [9.17, 15) is 14.4 Å². The smallest absolute Gasteiger partial charge is 0.270 e. The molecule has 0 bridgehead atoms. The number of ether oxygens (including phenoxy) is 2. The van der Waals surface area contributed by atoms with Gasteiger partial charge in [0.2, 0.25) is 0 Å². The van der Waals surface area contributed by atoms with E-state index in [0.717, 1.165) is 4.90 Å². The van der Waals surface area contributed by atoms with Gasteiger partial charge in [-0.2, -0.15) is 0 Å². The zero-order valence-electron chi connectivity index (χ0n) is 13.5. The first-order chi connectivity index (χ1) is 11.5. The van der Waals surface area contributed by atoms with Crippen LogP contribution in [-0.2, 0) is 0 Å². The van der Waals surface area contributed by atoms with Crippen molar-refractivity contribution in [1.29, 1.82) is 0 Å². The van der Waals surface area contributed by atoms with Gasteiger partial charge in [0.1, 0.15) is 0 Å². The second-order valence-electron chi connectivity index (χ2n) is 5.27. The molecule has 1 aliphatic heterocycles. The lowest BCUT2D eigenvalue weighted by molar-refractivity contribution is 0.0924. The Labute approximate surface area is 138 Å². The summed E-state index contributed by atoms with van der Waals surface area (Å²) >= 11 is 0.